The number of carbonyl (C=O) groups excluding carboxylic acids is 1. The monoisotopic (exact) mass is 323 g/mol. The Morgan fingerprint density at radius 1 is 1.47 bits per heavy atom. The van der Waals surface area contributed by atoms with Crippen LogP contribution < -0.4 is 5.32 Å². The Hall–Kier alpha value is -0.590. The molecule has 0 aliphatic heterocycles. The number of hydrogen-bond acceptors (Lipinski definition) is 4. The summed E-state index contributed by atoms with van der Waals surface area (Å²) in [6, 6.07) is 1.30. The van der Waals surface area contributed by atoms with Crippen LogP contribution in [0.1, 0.15) is 38.1 Å². The van der Waals surface area contributed by atoms with E-state index in [0.717, 1.165) is 11.3 Å². The molecule has 1 aromatic heterocycles. The van der Waals surface area contributed by atoms with Gasteiger partial charge in [0.2, 0.25) is 0 Å². The van der Waals surface area contributed by atoms with E-state index in [2.05, 4.69) is 33.0 Å². The lowest BCUT2D eigenvalue weighted by molar-refractivity contribution is 0.0925. The smallest absolute Gasteiger partial charge is 0.270 e. The van der Waals surface area contributed by atoms with Gasteiger partial charge >= 0.3 is 0 Å². The SMILES string of the molecule is CC(C)C(C)(C)CNC(=O)c1csc(S(=O)(=O)Cl)c1. The summed E-state index contributed by atoms with van der Waals surface area (Å²) in [4.78, 5) is 11.9. The second kappa shape index (κ2) is 5.81. The molecule has 1 N–H and O–H groups in total. The van der Waals surface area contributed by atoms with Crippen molar-refractivity contribution in [2.45, 2.75) is 31.9 Å². The van der Waals surface area contributed by atoms with Crippen LogP contribution in [0.15, 0.2) is 15.7 Å². The van der Waals surface area contributed by atoms with Gasteiger partial charge < -0.3 is 5.32 Å². The quantitative estimate of drug-likeness (QED) is 0.847. The van der Waals surface area contributed by atoms with Crippen molar-refractivity contribution < 1.29 is 13.2 Å². The average Bonchev–Trinajstić information content (AvgIpc) is 2.74. The van der Waals surface area contributed by atoms with Gasteiger partial charge in [0, 0.05) is 22.6 Å². The molecule has 0 unspecified atom stereocenters. The molecule has 1 aromatic rings. The zero-order valence-electron chi connectivity index (χ0n) is 11.4. The first-order valence-electron chi connectivity index (χ1n) is 5.85. The van der Waals surface area contributed by atoms with Crippen LogP contribution >= 0.6 is 22.0 Å². The van der Waals surface area contributed by atoms with Crippen LogP contribution in [0.25, 0.3) is 0 Å². The van der Waals surface area contributed by atoms with Crippen LogP contribution in [0.4, 0.5) is 0 Å². The van der Waals surface area contributed by atoms with Crippen molar-refractivity contribution in [3.05, 3.63) is 17.0 Å². The van der Waals surface area contributed by atoms with Gasteiger partial charge in [-0.15, -0.1) is 11.3 Å². The highest BCUT2D eigenvalue weighted by Gasteiger charge is 2.24. The molecule has 0 saturated heterocycles. The van der Waals surface area contributed by atoms with Gasteiger partial charge in [0.25, 0.3) is 15.0 Å². The van der Waals surface area contributed by atoms with Crippen molar-refractivity contribution >= 4 is 37.0 Å². The molecule has 0 saturated carbocycles. The maximum absolute atomic E-state index is 11.9. The maximum Gasteiger partial charge on any atom is 0.270 e. The van der Waals surface area contributed by atoms with E-state index in [1.807, 2.05) is 0 Å². The molecule has 0 aliphatic rings. The van der Waals surface area contributed by atoms with Crippen LogP contribution in [-0.4, -0.2) is 20.9 Å². The Bertz CT molecular complexity index is 561. The van der Waals surface area contributed by atoms with Crippen molar-refractivity contribution in [3.8, 4) is 0 Å². The van der Waals surface area contributed by atoms with E-state index >= 15 is 0 Å². The minimum Gasteiger partial charge on any atom is -0.351 e. The number of carbonyl (C=O) groups is 1. The zero-order valence-corrected chi connectivity index (χ0v) is 13.7. The van der Waals surface area contributed by atoms with Gasteiger partial charge in [-0.25, -0.2) is 8.42 Å². The second-order valence-corrected chi connectivity index (χ2v) is 9.12. The fourth-order valence-electron chi connectivity index (χ4n) is 1.18. The number of hydrogen-bond donors (Lipinski definition) is 1. The third kappa shape index (κ3) is 4.47. The van der Waals surface area contributed by atoms with E-state index in [1.165, 1.54) is 11.4 Å². The lowest BCUT2D eigenvalue weighted by Crippen LogP contribution is -2.36. The van der Waals surface area contributed by atoms with Gasteiger partial charge in [-0.1, -0.05) is 27.7 Å². The van der Waals surface area contributed by atoms with E-state index in [4.69, 9.17) is 10.7 Å². The van der Waals surface area contributed by atoms with Gasteiger partial charge in [-0.2, -0.15) is 0 Å². The van der Waals surface area contributed by atoms with Crippen molar-refractivity contribution in [2.24, 2.45) is 11.3 Å². The molecule has 1 amide bonds. The molecule has 7 heteroatoms. The molecular formula is C12H18ClNO3S2. The van der Waals surface area contributed by atoms with E-state index in [1.54, 1.807) is 0 Å². The Labute approximate surface area is 122 Å². The van der Waals surface area contributed by atoms with Gasteiger partial charge in [0.15, 0.2) is 0 Å². The van der Waals surface area contributed by atoms with Gasteiger partial charge in [-0.05, 0) is 17.4 Å². The number of thiophene rings is 1. The molecular weight excluding hydrogens is 306 g/mol. The molecule has 0 atom stereocenters. The number of halogens is 1. The topological polar surface area (TPSA) is 63.2 Å². The molecule has 19 heavy (non-hydrogen) atoms. The highest BCUT2D eigenvalue weighted by Crippen LogP contribution is 2.26. The summed E-state index contributed by atoms with van der Waals surface area (Å²) in [5, 5.41) is 4.31. The summed E-state index contributed by atoms with van der Waals surface area (Å²) in [5.74, 6) is 0.144. The van der Waals surface area contributed by atoms with E-state index < -0.39 is 9.05 Å². The fourth-order valence-corrected chi connectivity index (χ4v) is 3.12. The third-order valence-corrected chi connectivity index (χ3v) is 6.39. The number of rotatable bonds is 5. The van der Waals surface area contributed by atoms with E-state index in [0.29, 0.717) is 18.0 Å². The lowest BCUT2D eigenvalue weighted by Gasteiger charge is -2.29. The summed E-state index contributed by atoms with van der Waals surface area (Å²) >= 11 is 0.944. The van der Waals surface area contributed by atoms with Crippen LogP contribution in [0.3, 0.4) is 0 Å². The van der Waals surface area contributed by atoms with Crippen molar-refractivity contribution in [2.75, 3.05) is 6.54 Å². The molecule has 108 valence electrons. The Morgan fingerprint density at radius 2 is 2.05 bits per heavy atom. The van der Waals surface area contributed by atoms with Crippen LogP contribution in [0.5, 0.6) is 0 Å². The number of amides is 1. The molecule has 0 bridgehead atoms. The Kier molecular flexibility index (Phi) is 5.03. The second-order valence-electron chi connectivity index (χ2n) is 5.42. The average molecular weight is 324 g/mol. The minimum absolute atomic E-state index is 0.0116. The molecule has 1 rings (SSSR count). The zero-order chi connectivity index (χ0) is 14.8. The largest absolute Gasteiger partial charge is 0.351 e. The van der Waals surface area contributed by atoms with E-state index in [9.17, 15) is 13.2 Å². The highest BCUT2D eigenvalue weighted by atomic mass is 35.7. The van der Waals surface area contributed by atoms with Crippen LogP contribution in [0, 0.1) is 11.3 Å². The highest BCUT2D eigenvalue weighted by molar-refractivity contribution is 8.15. The normalized spacial score (nSPS) is 12.7. The summed E-state index contributed by atoms with van der Waals surface area (Å²) in [5.41, 5.74) is 0.302. The molecule has 0 radical (unpaired) electrons. The predicted molar refractivity (Wildman–Crippen MR) is 78.3 cm³/mol. The molecule has 0 spiro atoms. The third-order valence-electron chi connectivity index (χ3n) is 3.35. The maximum atomic E-state index is 11.9. The van der Waals surface area contributed by atoms with Crippen LogP contribution in [0.2, 0.25) is 0 Å². The summed E-state index contributed by atoms with van der Waals surface area (Å²) < 4.78 is 22.2. The van der Waals surface area contributed by atoms with Crippen molar-refractivity contribution in [3.63, 3.8) is 0 Å². The summed E-state index contributed by atoms with van der Waals surface area (Å²) in [6.07, 6.45) is 0. The first-order valence-corrected chi connectivity index (χ1v) is 9.04. The first-order chi connectivity index (χ1) is 8.54. The molecule has 1 heterocycles. The van der Waals surface area contributed by atoms with Crippen molar-refractivity contribution in [1.82, 2.24) is 5.32 Å². The van der Waals surface area contributed by atoms with Crippen LogP contribution in [-0.2, 0) is 9.05 Å². The van der Waals surface area contributed by atoms with Gasteiger partial charge in [0.05, 0.1) is 5.56 Å². The van der Waals surface area contributed by atoms with E-state index in [-0.39, 0.29) is 15.5 Å². The lowest BCUT2D eigenvalue weighted by atomic mass is 9.81. The summed E-state index contributed by atoms with van der Waals surface area (Å²) in [7, 11) is 1.46. The molecule has 0 aromatic carbocycles. The van der Waals surface area contributed by atoms with Gasteiger partial charge in [0.1, 0.15) is 4.21 Å². The fraction of sp³-hybridized carbons (Fsp3) is 0.583. The Balaban J connectivity index is 2.73. The number of nitrogens with one attached hydrogen (secondary N) is 1. The predicted octanol–water partition coefficient (Wildman–Crippen LogP) is 3.09. The minimum atomic E-state index is -3.76. The standard InChI is InChI=1S/C12H18ClNO3S2/c1-8(2)12(3,4)7-14-11(15)9-5-10(18-6-9)19(13,16)17/h5-6,8H,7H2,1-4H3,(H,14,15). The van der Waals surface area contributed by atoms with Crippen molar-refractivity contribution in [1.29, 1.82) is 0 Å². The molecule has 0 aliphatic carbocycles. The first kappa shape index (κ1) is 16.5. The molecule has 0 fully saturated rings. The summed E-state index contributed by atoms with van der Waals surface area (Å²) in [6.45, 7) is 8.85. The Morgan fingerprint density at radius 3 is 2.47 bits per heavy atom. The van der Waals surface area contributed by atoms with Gasteiger partial charge in [-0.3, -0.25) is 4.79 Å². The molecule has 4 nitrogen and oxygen atoms in total.